The third-order valence-corrected chi connectivity index (χ3v) is 11.3. The van der Waals surface area contributed by atoms with Gasteiger partial charge < -0.3 is 24.4 Å². The zero-order valence-electron chi connectivity index (χ0n) is 19.2. The second kappa shape index (κ2) is 8.43. The van der Waals surface area contributed by atoms with Crippen LogP contribution in [0.4, 0.5) is 0 Å². The highest BCUT2D eigenvalue weighted by molar-refractivity contribution is 6.99. The first-order chi connectivity index (χ1) is 14.7. The highest BCUT2D eigenvalue weighted by Crippen LogP contribution is 2.41. The summed E-state index contributed by atoms with van der Waals surface area (Å²) in [4.78, 5) is 0. The van der Waals surface area contributed by atoms with Crippen molar-refractivity contribution in [2.75, 3.05) is 13.2 Å². The predicted molar refractivity (Wildman–Crippen MR) is 125 cm³/mol. The maximum atomic E-state index is 6.99. The van der Waals surface area contributed by atoms with Crippen LogP contribution >= 0.6 is 0 Å². The lowest BCUT2D eigenvalue weighted by Crippen LogP contribution is -2.66. The van der Waals surface area contributed by atoms with Gasteiger partial charge in [-0.3, -0.25) is 0 Å². The van der Waals surface area contributed by atoms with Crippen molar-refractivity contribution in [1.29, 1.82) is 0 Å². The Kier molecular flexibility index (Phi) is 6.16. The van der Waals surface area contributed by atoms with Gasteiger partial charge in [0.2, 0.25) is 0 Å². The number of rotatable bonds is 7. The summed E-state index contributed by atoms with van der Waals surface area (Å²) in [6.45, 7) is 11.6. The monoisotopic (exact) mass is 441 g/mol. The maximum absolute atomic E-state index is 6.99. The molecule has 0 bridgehead atoms. The summed E-state index contributed by atoms with van der Waals surface area (Å²) < 4.78 is 25.1. The normalized spacial score (nSPS) is 27.9. The number of benzene rings is 2. The Morgan fingerprint density at radius 1 is 0.871 bits per heavy atom. The Morgan fingerprint density at radius 2 is 1.42 bits per heavy atom. The van der Waals surface area contributed by atoms with Gasteiger partial charge in [-0.2, -0.15) is 0 Å². The van der Waals surface area contributed by atoms with Gasteiger partial charge in [0.15, 0.2) is 5.79 Å². The lowest BCUT2D eigenvalue weighted by molar-refractivity contribution is -0.147. The van der Waals surface area contributed by atoms with Crippen LogP contribution in [0.1, 0.15) is 34.6 Å². The molecule has 2 aromatic rings. The highest BCUT2D eigenvalue weighted by atomic mass is 28.4. The van der Waals surface area contributed by atoms with E-state index in [0.29, 0.717) is 13.2 Å². The Labute approximate surface area is 187 Å². The third-order valence-electron chi connectivity index (χ3n) is 6.28. The smallest absolute Gasteiger partial charge is 0.261 e. The van der Waals surface area contributed by atoms with Crippen LogP contribution in [0.5, 0.6) is 0 Å². The first-order valence-electron chi connectivity index (χ1n) is 11.1. The van der Waals surface area contributed by atoms with Crippen LogP contribution in [0.3, 0.4) is 0 Å². The van der Waals surface area contributed by atoms with Crippen molar-refractivity contribution in [1.82, 2.24) is 0 Å². The lowest BCUT2D eigenvalue weighted by Gasteiger charge is -2.43. The Morgan fingerprint density at radius 3 is 1.90 bits per heavy atom. The van der Waals surface area contributed by atoms with E-state index in [9.17, 15) is 0 Å². The van der Waals surface area contributed by atoms with E-state index in [-0.39, 0.29) is 29.5 Å². The quantitative estimate of drug-likeness (QED) is 0.529. The third kappa shape index (κ3) is 4.38. The molecule has 4 atom stereocenters. The Balaban J connectivity index is 1.59. The summed E-state index contributed by atoms with van der Waals surface area (Å²) in [5.41, 5.74) is 5.92. The van der Waals surface area contributed by atoms with Gasteiger partial charge in [0.25, 0.3) is 8.32 Å². The van der Waals surface area contributed by atoms with Gasteiger partial charge in [-0.1, -0.05) is 81.4 Å². The fourth-order valence-corrected chi connectivity index (χ4v) is 9.44. The van der Waals surface area contributed by atoms with Crippen molar-refractivity contribution in [2.45, 2.75) is 69.9 Å². The fourth-order valence-electron chi connectivity index (χ4n) is 4.87. The molecule has 0 radical (unpaired) electrons. The van der Waals surface area contributed by atoms with Crippen molar-refractivity contribution >= 4 is 18.7 Å². The molecule has 0 spiro atoms. The van der Waals surface area contributed by atoms with Crippen molar-refractivity contribution in [2.24, 2.45) is 5.73 Å². The van der Waals surface area contributed by atoms with E-state index in [1.54, 1.807) is 0 Å². The zero-order valence-corrected chi connectivity index (χ0v) is 20.2. The number of epoxide rings is 1. The van der Waals surface area contributed by atoms with Gasteiger partial charge in [-0.25, -0.2) is 0 Å². The van der Waals surface area contributed by atoms with E-state index in [4.69, 9.17) is 24.4 Å². The van der Waals surface area contributed by atoms with E-state index in [0.717, 1.165) is 0 Å². The lowest BCUT2D eigenvalue weighted by atomic mass is 10.1. The van der Waals surface area contributed by atoms with Gasteiger partial charge in [0, 0.05) is 6.54 Å². The summed E-state index contributed by atoms with van der Waals surface area (Å²) in [6, 6.07) is 21.3. The molecule has 2 aromatic carbocycles. The number of hydrogen-bond donors (Lipinski definition) is 1. The Hall–Kier alpha value is -1.54. The summed E-state index contributed by atoms with van der Waals surface area (Å²) in [5.74, 6) is -0.635. The van der Waals surface area contributed by atoms with E-state index >= 15 is 0 Å². The molecule has 2 heterocycles. The minimum absolute atomic E-state index is 0.0156. The molecule has 0 amide bonds. The topological polar surface area (TPSA) is 66.2 Å². The fraction of sp³-hybridized carbons (Fsp3) is 0.520. The van der Waals surface area contributed by atoms with E-state index in [2.05, 4.69) is 81.4 Å². The zero-order chi connectivity index (χ0) is 22.3. The second-order valence-corrected chi connectivity index (χ2v) is 14.3. The van der Waals surface area contributed by atoms with Crippen molar-refractivity contribution in [3.05, 3.63) is 60.7 Å². The van der Waals surface area contributed by atoms with Gasteiger partial charge in [0.05, 0.1) is 6.61 Å². The number of hydrogen-bond acceptors (Lipinski definition) is 5. The summed E-state index contributed by atoms with van der Waals surface area (Å²) in [7, 11) is -2.57. The second-order valence-electron chi connectivity index (χ2n) is 9.99. The molecule has 0 unspecified atom stereocenters. The maximum Gasteiger partial charge on any atom is 0.261 e. The molecule has 2 saturated heterocycles. The summed E-state index contributed by atoms with van der Waals surface area (Å²) >= 11 is 0. The molecule has 0 aliphatic carbocycles. The molecular formula is C25H35NO4Si. The minimum Gasteiger partial charge on any atom is -0.405 e. The van der Waals surface area contributed by atoms with E-state index in [1.807, 2.05) is 13.8 Å². The first kappa shape index (κ1) is 22.6. The van der Waals surface area contributed by atoms with Crippen LogP contribution in [0.15, 0.2) is 60.7 Å². The molecule has 2 N–H and O–H groups in total. The van der Waals surface area contributed by atoms with Gasteiger partial charge in [-0.15, -0.1) is 0 Å². The van der Waals surface area contributed by atoms with Crippen molar-refractivity contribution in [3.63, 3.8) is 0 Å². The largest absolute Gasteiger partial charge is 0.405 e. The standard InChI is InChI=1S/C25H35NO4Si/c1-24(2,3)31(18-12-8-6-9-13-18,19-14-10-7-11-15-19)27-17-21-22(28-21)23-20(16-26)29-25(4,5)30-23/h6-15,20-23H,16-17,26H2,1-5H3/t20-,21-,22+,23+/m0/s1. The van der Waals surface area contributed by atoms with Gasteiger partial charge in [0.1, 0.15) is 24.4 Å². The molecule has 6 heteroatoms. The van der Waals surface area contributed by atoms with E-state index < -0.39 is 14.1 Å². The van der Waals surface area contributed by atoms with Crippen LogP contribution in [0.2, 0.25) is 5.04 Å². The average Bonchev–Trinajstić information content (AvgIpc) is 3.44. The molecule has 2 fully saturated rings. The van der Waals surface area contributed by atoms with Gasteiger partial charge in [-0.05, 0) is 29.3 Å². The average molecular weight is 442 g/mol. The molecule has 2 aliphatic rings. The SMILES string of the molecule is CC1(C)O[C@@H]([C@@H]2O[C@H]2CO[Si](c2ccccc2)(c2ccccc2)C(C)(C)C)[C@H](CN)O1. The predicted octanol–water partition coefficient (Wildman–Crippen LogP) is 2.81. The minimum atomic E-state index is -2.57. The Bertz CT molecular complexity index is 829. The van der Waals surface area contributed by atoms with Gasteiger partial charge >= 0.3 is 0 Å². The highest BCUT2D eigenvalue weighted by Gasteiger charge is 2.57. The van der Waals surface area contributed by atoms with Crippen LogP contribution in [-0.2, 0) is 18.6 Å². The number of ether oxygens (including phenoxy) is 3. The van der Waals surface area contributed by atoms with Crippen LogP contribution in [0.25, 0.3) is 0 Å². The van der Waals surface area contributed by atoms with Crippen molar-refractivity contribution < 1.29 is 18.6 Å². The van der Waals surface area contributed by atoms with Crippen LogP contribution in [-0.4, -0.2) is 51.7 Å². The van der Waals surface area contributed by atoms with Crippen molar-refractivity contribution in [3.8, 4) is 0 Å². The number of nitrogens with two attached hydrogens (primary N) is 1. The molecule has 5 nitrogen and oxygen atoms in total. The molecule has 31 heavy (non-hydrogen) atoms. The molecule has 4 rings (SSSR count). The molecular weight excluding hydrogens is 406 g/mol. The van der Waals surface area contributed by atoms with Crippen LogP contribution < -0.4 is 16.1 Å². The van der Waals surface area contributed by atoms with Crippen LogP contribution in [0, 0.1) is 0 Å². The molecule has 2 aliphatic heterocycles. The molecule has 0 aromatic heterocycles. The molecule has 168 valence electrons. The summed E-state index contributed by atoms with van der Waals surface area (Å²) in [6.07, 6.45) is -0.377. The summed E-state index contributed by atoms with van der Waals surface area (Å²) in [5, 5.41) is 2.48. The molecule has 0 saturated carbocycles. The first-order valence-corrected chi connectivity index (χ1v) is 13.0. The van der Waals surface area contributed by atoms with E-state index in [1.165, 1.54) is 10.4 Å².